The standard InChI is InChI=1S/C13H20N2O2/c1-5-6-7-12-13(11(4)16-14-12)15-9(2)8-10(3)17-15/h8,10H,5-7H2,1-4H3. The molecule has 0 spiro atoms. The second kappa shape index (κ2) is 4.92. The Balaban J connectivity index is 2.25. The monoisotopic (exact) mass is 236 g/mol. The van der Waals surface area contributed by atoms with Crippen LogP contribution in [0.2, 0.25) is 0 Å². The molecule has 4 nitrogen and oxygen atoms in total. The third-order valence-electron chi connectivity index (χ3n) is 2.94. The normalized spacial score (nSPS) is 19.9. The Morgan fingerprint density at radius 3 is 2.76 bits per heavy atom. The summed E-state index contributed by atoms with van der Waals surface area (Å²) in [7, 11) is 0. The molecule has 1 aliphatic heterocycles. The number of hydroxylamine groups is 1. The Bertz CT molecular complexity index is 423. The number of unbranched alkanes of at least 4 members (excludes halogenated alkanes) is 1. The summed E-state index contributed by atoms with van der Waals surface area (Å²) in [6.07, 6.45) is 5.41. The number of hydrogen-bond acceptors (Lipinski definition) is 4. The maximum Gasteiger partial charge on any atom is 0.160 e. The van der Waals surface area contributed by atoms with Crippen molar-refractivity contribution < 1.29 is 9.36 Å². The molecule has 4 heteroatoms. The van der Waals surface area contributed by atoms with Gasteiger partial charge in [0.05, 0.1) is 0 Å². The van der Waals surface area contributed by atoms with Crippen LogP contribution in [-0.2, 0) is 11.3 Å². The molecule has 1 aromatic heterocycles. The van der Waals surface area contributed by atoms with E-state index in [2.05, 4.69) is 18.2 Å². The van der Waals surface area contributed by atoms with Gasteiger partial charge in [-0.1, -0.05) is 18.5 Å². The van der Waals surface area contributed by atoms with E-state index in [1.54, 1.807) is 0 Å². The van der Waals surface area contributed by atoms with Gasteiger partial charge in [0, 0.05) is 5.70 Å². The van der Waals surface area contributed by atoms with E-state index in [0.717, 1.165) is 42.1 Å². The number of hydrogen-bond donors (Lipinski definition) is 0. The van der Waals surface area contributed by atoms with Crippen LogP contribution in [0, 0.1) is 6.92 Å². The fourth-order valence-corrected chi connectivity index (χ4v) is 2.10. The molecule has 0 saturated heterocycles. The van der Waals surface area contributed by atoms with Gasteiger partial charge in [0.15, 0.2) is 5.76 Å². The van der Waals surface area contributed by atoms with E-state index in [1.165, 1.54) is 0 Å². The molecule has 0 saturated carbocycles. The molecule has 0 fully saturated rings. The molecular weight excluding hydrogens is 216 g/mol. The van der Waals surface area contributed by atoms with Gasteiger partial charge >= 0.3 is 0 Å². The summed E-state index contributed by atoms with van der Waals surface area (Å²) in [5.74, 6) is 0.818. The van der Waals surface area contributed by atoms with Crippen molar-refractivity contribution in [3.8, 4) is 0 Å². The number of allylic oxidation sites excluding steroid dienone is 1. The van der Waals surface area contributed by atoms with Gasteiger partial charge in [-0.25, -0.2) is 5.06 Å². The van der Waals surface area contributed by atoms with E-state index >= 15 is 0 Å². The molecule has 1 aliphatic rings. The first-order valence-electron chi connectivity index (χ1n) is 6.24. The van der Waals surface area contributed by atoms with Gasteiger partial charge in [0.1, 0.15) is 17.5 Å². The summed E-state index contributed by atoms with van der Waals surface area (Å²) in [6.45, 7) is 8.17. The van der Waals surface area contributed by atoms with Gasteiger partial charge in [-0.2, -0.15) is 0 Å². The van der Waals surface area contributed by atoms with E-state index in [0.29, 0.717) is 0 Å². The lowest BCUT2D eigenvalue weighted by Crippen LogP contribution is -2.20. The van der Waals surface area contributed by atoms with Crippen LogP contribution in [-0.4, -0.2) is 11.3 Å². The molecule has 17 heavy (non-hydrogen) atoms. The summed E-state index contributed by atoms with van der Waals surface area (Å²) in [5.41, 5.74) is 3.07. The van der Waals surface area contributed by atoms with Crippen molar-refractivity contribution in [3.05, 3.63) is 23.2 Å². The van der Waals surface area contributed by atoms with Crippen LogP contribution < -0.4 is 5.06 Å². The third-order valence-corrected chi connectivity index (χ3v) is 2.94. The van der Waals surface area contributed by atoms with E-state index in [-0.39, 0.29) is 6.10 Å². The summed E-state index contributed by atoms with van der Waals surface area (Å²) in [5, 5.41) is 5.98. The van der Waals surface area contributed by atoms with Crippen molar-refractivity contribution in [2.45, 2.75) is 53.1 Å². The topological polar surface area (TPSA) is 38.5 Å². The quantitative estimate of drug-likeness (QED) is 0.803. The molecule has 0 radical (unpaired) electrons. The molecule has 2 rings (SSSR count). The summed E-state index contributed by atoms with van der Waals surface area (Å²) in [4.78, 5) is 5.76. The van der Waals surface area contributed by atoms with Crippen molar-refractivity contribution in [2.75, 3.05) is 5.06 Å². The van der Waals surface area contributed by atoms with Crippen LogP contribution >= 0.6 is 0 Å². The smallest absolute Gasteiger partial charge is 0.160 e. The maximum absolute atomic E-state index is 5.76. The van der Waals surface area contributed by atoms with E-state index in [1.807, 2.05) is 25.8 Å². The first-order valence-corrected chi connectivity index (χ1v) is 6.24. The number of nitrogens with zero attached hydrogens (tertiary/aromatic N) is 2. The molecule has 0 bridgehead atoms. The Hall–Kier alpha value is -1.29. The van der Waals surface area contributed by atoms with Crippen LogP contribution in [0.25, 0.3) is 0 Å². The molecule has 1 aromatic rings. The van der Waals surface area contributed by atoms with E-state index in [4.69, 9.17) is 9.36 Å². The molecule has 1 unspecified atom stereocenters. The lowest BCUT2D eigenvalue weighted by atomic mass is 10.1. The molecule has 0 aromatic carbocycles. The maximum atomic E-state index is 5.76. The number of aryl methyl sites for hydroxylation is 2. The van der Waals surface area contributed by atoms with Gasteiger partial charge in [-0.3, -0.25) is 4.84 Å². The van der Waals surface area contributed by atoms with Gasteiger partial charge in [0.2, 0.25) is 0 Å². The molecule has 2 heterocycles. The Morgan fingerprint density at radius 1 is 1.41 bits per heavy atom. The predicted octanol–water partition coefficient (Wildman–Crippen LogP) is 3.37. The minimum Gasteiger partial charge on any atom is -0.359 e. The zero-order valence-electron chi connectivity index (χ0n) is 11.0. The summed E-state index contributed by atoms with van der Waals surface area (Å²) < 4.78 is 5.29. The summed E-state index contributed by atoms with van der Waals surface area (Å²) >= 11 is 0. The summed E-state index contributed by atoms with van der Waals surface area (Å²) in [6, 6.07) is 0. The highest BCUT2D eigenvalue weighted by Gasteiger charge is 2.26. The van der Waals surface area contributed by atoms with Gasteiger partial charge in [0.25, 0.3) is 0 Å². The zero-order chi connectivity index (χ0) is 12.4. The highest BCUT2D eigenvalue weighted by Crippen LogP contribution is 2.32. The Labute approximate surface area is 102 Å². The molecule has 0 amide bonds. The molecule has 0 aliphatic carbocycles. The van der Waals surface area contributed by atoms with E-state index < -0.39 is 0 Å². The lowest BCUT2D eigenvalue weighted by molar-refractivity contribution is 0.110. The van der Waals surface area contributed by atoms with Crippen LogP contribution in [0.15, 0.2) is 16.3 Å². The highest BCUT2D eigenvalue weighted by atomic mass is 16.7. The highest BCUT2D eigenvalue weighted by molar-refractivity contribution is 5.56. The average Bonchev–Trinajstić information content (AvgIpc) is 2.79. The number of aromatic nitrogens is 1. The van der Waals surface area contributed by atoms with Gasteiger partial charge < -0.3 is 4.52 Å². The third kappa shape index (κ3) is 2.36. The first kappa shape index (κ1) is 12.2. The van der Waals surface area contributed by atoms with Crippen LogP contribution in [0.3, 0.4) is 0 Å². The molecule has 0 N–H and O–H groups in total. The lowest BCUT2D eigenvalue weighted by Gasteiger charge is -2.19. The van der Waals surface area contributed by atoms with E-state index in [9.17, 15) is 0 Å². The largest absolute Gasteiger partial charge is 0.359 e. The van der Waals surface area contributed by atoms with Crippen molar-refractivity contribution in [2.24, 2.45) is 0 Å². The Kier molecular flexibility index (Phi) is 3.52. The van der Waals surface area contributed by atoms with Crippen molar-refractivity contribution >= 4 is 5.69 Å². The Morgan fingerprint density at radius 2 is 2.18 bits per heavy atom. The molecule has 1 atom stereocenters. The van der Waals surface area contributed by atoms with Crippen molar-refractivity contribution in [3.63, 3.8) is 0 Å². The molecular formula is C13H20N2O2. The predicted molar refractivity (Wildman–Crippen MR) is 66.6 cm³/mol. The van der Waals surface area contributed by atoms with Crippen LogP contribution in [0.5, 0.6) is 0 Å². The second-order valence-corrected chi connectivity index (χ2v) is 4.55. The number of rotatable bonds is 4. The fraction of sp³-hybridized carbons (Fsp3) is 0.615. The fourth-order valence-electron chi connectivity index (χ4n) is 2.10. The SMILES string of the molecule is CCCCc1noc(C)c1N1OC(C)C=C1C. The molecule has 94 valence electrons. The van der Waals surface area contributed by atoms with Gasteiger partial charge in [-0.15, -0.1) is 0 Å². The minimum absolute atomic E-state index is 0.114. The van der Waals surface area contributed by atoms with Crippen molar-refractivity contribution in [1.29, 1.82) is 0 Å². The second-order valence-electron chi connectivity index (χ2n) is 4.55. The van der Waals surface area contributed by atoms with Crippen LogP contribution in [0.4, 0.5) is 5.69 Å². The zero-order valence-corrected chi connectivity index (χ0v) is 11.0. The van der Waals surface area contributed by atoms with Crippen molar-refractivity contribution in [1.82, 2.24) is 5.16 Å². The van der Waals surface area contributed by atoms with Crippen LogP contribution in [0.1, 0.15) is 45.1 Å². The first-order chi connectivity index (χ1) is 8.13. The number of anilines is 1. The van der Waals surface area contributed by atoms with Gasteiger partial charge in [-0.05, 0) is 39.7 Å². The average molecular weight is 236 g/mol. The minimum atomic E-state index is 0.114.